The first-order valence-electron chi connectivity index (χ1n) is 10.6. The second-order valence-electron chi connectivity index (χ2n) is 9.05. The van der Waals surface area contributed by atoms with Gasteiger partial charge >= 0.3 is 0 Å². The summed E-state index contributed by atoms with van der Waals surface area (Å²) in [7, 11) is 2.13. The van der Waals surface area contributed by atoms with Gasteiger partial charge in [-0.2, -0.15) is 15.4 Å². The highest BCUT2D eigenvalue weighted by atomic mass is 16.2. The van der Waals surface area contributed by atoms with Crippen LogP contribution in [0.2, 0.25) is 0 Å². The number of H-pyrrole nitrogens is 1. The van der Waals surface area contributed by atoms with E-state index in [9.17, 15) is 9.59 Å². The fraction of sp³-hybridized carbons (Fsp3) is 0.619. The Hall–Kier alpha value is -2.48. The summed E-state index contributed by atoms with van der Waals surface area (Å²) in [5, 5.41) is 10.7. The van der Waals surface area contributed by atoms with E-state index >= 15 is 0 Å². The van der Waals surface area contributed by atoms with Crippen molar-refractivity contribution in [3.05, 3.63) is 23.8 Å². The molecule has 1 unspecified atom stereocenters. The van der Waals surface area contributed by atoms with Gasteiger partial charge in [-0.1, -0.05) is 0 Å². The zero-order valence-corrected chi connectivity index (χ0v) is 16.9. The van der Waals surface area contributed by atoms with Gasteiger partial charge in [0, 0.05) is 44.2 Å². The van der Waals surface area contributed by atoms with E-state index in [4.69, 9.17) is 0 Å². The van der Waals surface area contributed by atoms with Crippen molar-refractivity contribution >= 4 is 22.8 Å². The first kappa shape index (κ1) is 18.5. The van der Waals surface area contributed by atoms with E-state index in [1.807, 2.05) is 23.1 Å². The number of carbonyl (C=O) groups excluding carboxylic acids is 2. The summed E-state index contributed by atoms with van der Waals surface area (Å²) in [5.74, 6) is 0.376. The molecular formula is C21H28N6O2. The third-order valence-corrected chi connectivity index (χ3v) is 7.18. The molecule has 1 N–H and O–H groups in total. The first-order valence-corrected chi connectivity index (χ1v) is 10.6. The summed E-state index contributed by atoms with van der Waals surface area (Å²) in [6, 6.07) is 5.83. The second-order valence-corrected chi connectivity index (χ2v) is 9.05. The Balaban J connectivity index is 1.25. The van der Waals surface area contributed by atoms with Crippen LogP contribution < -0.4 is 0 Å². The zero-order chi connectivity index (χ0) is 20.0. The van der Waals surface area contributed by atoms with Crippen molar-refractivity contribution in [3.63, 3.8) is 0 Å². The number of likely N-dealkylation sites (N-methyl/N-ethyl adjacent to an activating group) is 1. The monoisotopic (exact) mass is 396 g/mol. The molecule has 8 heteroatoms. The molecule has 4 heterocycles. The lowest BCUT2D eigenvalue weighted by Gasteiger charge is -2.49. The fourth-order valence-corrected chi connectivity index (χ4v) is 5.29. The number of amides is 2. The molecule has 0 bridgehead atoms. The minimum Gasteiger partial charge on any atom is -0.339 e. The molecule has 3 fully saturated rings. The van der Waals surface area contributed by atoms with E-state index in [0.29, 0.717) is 29.4 Å². The van der Waals surface area contributed by atoms with Gasteiger partial charge in [0.05, 0.1) is 0 Å². The van der Waals surface area contributed by atoms with Gasteiger partial charge in [-0.05, 0) is 62.9 Å². The van der Waals surface area contributed by atoms with E-state index < -0.39 is 0 Å². The molecule has 3 saturated heterocycles. The predicted octanol–water partition coefficient (Wildman–Crippen LogP) is 1.51. The number of fused-ring (bicyclic) bond motifs is 1. The van der Waals surface area contributed by atoms with Gasteiger partial charge in [-0.3, -0.25) is 9.59 Å². The Morgan fingerprint density at radius 2 is 1.93 bits per heavy atom. The number of nitrogens with one attached hydrogen (secondary N) is 1. The van der Waals surface area contributed by atoms with E-state index in [1.165, 1.54) is 0 Å². The third-order valence-electron chi connectivity index (χ3n) is 7.18. The molecular weight excluding hydrogens is 368 g/mol. The quantitative estimate of drug-likeness (QED) is 0.832. The minimum absolute atomic E-state index is 0.0610. The molecule has 29 heavy (non-hydrogen) atoms. The number of likely N-dealkylation sites (tertiary alicyclic amines) is 3. The third kappa shape index (κ3) is 3.39. The Bertz CT molecular complexity index is 932. The van der Waals surface area contributed by atoms with E-state index in [2.05, 4.69) is 32.3 Å². The van der Waals surface area contributed by atoms with Crippen molar-refractivity contribution in [2.75, 3.05) is 39.8 Å². The average molecular weight is 396 g/mol. The highest BCUT2D eigenvalue weighted by Gasteiger charge is 2.44. The van der Waals surface area contributed by atoms with Crippen molar-refractivity contribution in [1.29, 1.82) is 0 Å². The van der Waals surface area contributed by atoms with Crippen LogP contribution in [0.4, 0.5) is 0 Å². The molecule has 2 amide bonds. The van der Waals surface area contributed by atoms with Crippen molar-refractivity contribution < 1.29 is 9.59 Å². The lowest BCUT2D eigenvalue weighted by Crippen LogP contribution is -2.55. The summed E-state index contributed by atoms with van der Waals surface area (Å²) in [4.78, 5) is 32.0. The van der Waals surface area contributed by atoms with Crippen LogP contribution in [-0.2, 0) is 4.79 Å². The molecule has 8 nitrogen and oxygen atoms in total. The summed E-state index contributed by atoms with van der Waals surface area (Å²) < 4.78 is 0. The molecule has 0 aliphatic carbocycles. The Morgan fingerprint density at radius 1 is 1.14 bits per heavy atom. The maximum atomic E-state index is 13.0. The number of benzene rings is 1. The van der Waals surface area contributed by atoms with Crippen LogP contribution in [0.25, 0.3) is 11.0 Å². The lowest BCUT2D eigenvalue weighted by atomic mass is 9.72. The molecule has 1 atom stereocenters. The van der Waals surface area contributed by atoms with Crippen LogP contribution in [0, 0.1) is 5.41 Å². The molecule has 1 aromatic heterocycles. The lowest BCUT2D eigenvalue weighted by molar-refractivity contribution is -0.141. The number of piperidine rings is 2. The number of rotatable bonds is 2. The minimum atomic E-state index is 0.0610. The summed E-state index contributed by atoms with van der Waals surface area (Å²) in [5.41, 5.74) is 2.31. The molecule has 1 aromatic carbocycles. The van der Waals surface area contributed by atoms with Gasteiger partial charge in [0.25, 0.3) is 5.91 Å². The van der Waals surface area contributed by atoms with Gasteiger partial charge in [-0.25, -0.2) is 0 Å². The topological polar surface area (TPSA) is 85.4 Å². The highest BCUT2D eigenvalue weighted by Crippen LogP contribution is 2.41. The Morgan fingerprint density at radius 3 is 2.69 bits per heavy atom. The summed E-state index contributed by atoms with van der Waals surface area (Å²) >= 11 is 0. The molecule has 5 rings (SSSR count). The van der Waals surface area contributed by atoms with Crippen LogP contribution in [0.1, 0.15) is 42.5 Å². The Labute approximate surface area is 170 Å². The molecule has 1 spiro atoms. The predicted molar refractivity (Wildman–Crippen MR) is 108 cm³/mol. The van der Waals surface area contributed by atoms with Crippen LogP contribution in [-0.4, -0.2) is 87.7 Å². The number of nitrogens with zero attached hydrogens (tertiary/aromatic N) is 5. The normalized spacial score (nSPS) is 25.3. The SMILES string of the molecule is CN1CCC(N2CC3(CCC2=O)CCN(C(=O)c2ccc4n[nH]nc4c2)CC3)C1. The largest absolute Gasteiger partial charge is 0.339 e. The van der Waals surface area contributed by atoms with Gasteiger partial charge in [-0.15, -0.1) is 0 Å². The van der Waals surface area contributed by atoms with Gasteiger partial charge < -0.3 is 14.7 Å². The van der Waals surface area contributed by atoms with Gasteiger partial charge in [0.2, 0.25) is 5.91 Å². The van der Waals surface area contributed by atoms with Gasteiger partial charge in [0.15, 0.2) is 0 Å². The highest BCUT2D eigenvalue weighted by molar-refractivity contribution is 5.97. The fourth-order valence-electron chi connectivity index (χ4n) is 5.29. The second kappa shape index (κ2) is 7.09. The molecule has 3 aliphatic heterocycles. The maximum absolute atomic E-state index is 13.0. The van der Waals surface area contributed by atoms with Crippen molar-refractivity contribution in [1.82, 2.24) is 30.1 Å². The smallest absolute Gasteiger partial charge is 0.253 e. The van der Waals surface area contributed by atoms with Crippen LogP contribution in [0.3, 0.4) is 0 Å². The van der Waals surface area contributed by atoms with E-state index in [1.54, 1.807) is 0 Å². The number of aromatic amines is 1. The summed E-state index contributed by atoms with van der Waals surface area (Å²) in [6.07, 6.45) is 4.62. The van der Waals surface area contributed by atoms with Crippen LogP contribution in [0.15, 0.2) is 18.2 Å². The van der Waals surface area contributed by atoms with E-state index in [-0.39, 0.29) is 11.3 Å². The van der Waals surface area contributed by atoms with Crippen molar-refractivity contribution in [3.8, 4) is 0 Å². The van der Waals surface area contributed by atoms with E-state index in [0.717, 1.165) is 63.9 Å². The zero-order valence-electron chi connectivity index (χ0n) is 16.9. The van der Waals surface area contributed by atoms with Crippen molar-refractivity contribution in [2.24, 2.45) is 5.41 Å². The van der Waals surface area contributed by atoms with Crippen LogP contribution in [0.5, 0.6) is 0 Å². The molecule has 2 aromatic rings. The van der Waals surface area contributed by atoms with Gasteiger partial charge in [0.1, 0.15) is 11.0 Å². The Kier molecular flexibility index (Phi) is 4.53. The molecule has 0 saturated carbocycles. The maximum Gasteiger partial charge on any atom is 0.253 e. The number of carbonyl (C=O) groups is 2. The average Bonchev–Trinajstić information content (AvgIpc) is 3.38. The number of hydrogen-bond donors (Lipinski definition) is 1. The van der Waals surface area contributed by atoms with Crippen LogP contribution >= 0.6 is 0 Å². The first-order chi connectivity index (χ1) is 14.0. The van der Waals surface area contributed by atoms with Crippen molar-refractivity contribution in [2.45, 2.75) is 38.1 Å². The molecule has 3 aliphatic rings. The number of hydrogen-bond acceptors (Lipinski definition) is 5. The molecule has 0 radical (unpaired) electrons. The number of aromatic nitrogens is 3. The molecule has 154 valence electrons. The summed E-state index contributed by atoms with van der Waals surface area (Å²) in [6.45, 7) is 4.42. The standard InChI is InChI=1S/C21H28N6O2/c1-25-9-5-16(13-25)27-14-21(6-4-19(27)28)7-10-26(11-8-21)20(29)15-2-3-17-18(12-15)23-24-22-17/h2-3,12,16H,4-11,13-14H2,1H3,(H,22,23,24).